The van der Waals surface area contributed by atoms with E-state index >= 15 is 0 Å². The van der Waals surface area contributed by atoms with Gasteiger partial charge in [-0.2, -0.15) is 0 Å². The fourth-order valence-electron chi connectivity index (χ4n) is 8.87. The molecule has 0 saturated heterocycles. The number of aliphatic hydroxyl groups excluding tert-OH is 2. The van der Waals surface area contributed by atoms with Crippen LogP contribution in [0.15, 0.2) is 72.9 Å². The second kappa shape index (κ2) is 58.1. The number of hydrogen-bond donors (Lipinski definition) is 3. The van der Waals surface area contributed by atoms with E-state index in [2.05, 4.69) is 79.9 Å². The van der Waals surface area contributed by atoms with Gasteiger partial charge in [0.05, 0.1) is 18.8 Å². The lowest BCUT2D eigenvalue weighted by Gasteiger charge is -2.19. The highest BCUT2D eigenvalue weighted by Crippen LogP contribution is 2.16. The van der Waals surface area contributed by atoms with E-state index in [-0.39, 0.29) is 12.5 Å². The van der Waals surface area contributed by atoms with Crippen LogP contribution in [-0.2, 0) is 4.79 Å². The van der Waals surface area contributed by atoms with Crippen LogP contribution in [0.2, 0.25) is 0 Å². The molecule has 2 unspecified atom stereocenters. The first-order chi connectivity index (χ1) is 33.2. The van der Waals surface area contributed by atoms with E-state index in [1.54, 1.807) is 6.08 Å². The first-order valence-corrected chi connectivity index (χ1v) is 29.7. The molecule has 67 heavy (non-hydrogen) atoms. The predicted molar refractivity (Wildman–Crippen MR) is 299 cm³/mol. The van der Waals surface area contributed by atoms with Crippen LogP contribution in [0.5, 0.6) is 0 Å². The molecular weight excluding hydrogens is 819 g/mol. The number of amides is 1. The van der Waals surface area contributed by atoms with Gasteiger partial charge in [-0.25, -0.2) is 0 Å². The second-order valence-corrected chi connectivity index (χ2v) is 20.0. The number of aliphatic hydroxyl groups is 2. The highest BCUT2D eigenvalue weighted by molar-refractivity contribution is 5.76. The maximum atomic E-state index is 12.5. The number of rotatable bonds is 54. The van der Waals surface area contributed by atoms with Gasteiger partial charge < -0.3 is 15.5 Å². The minimum absolute atomic E-state index is 0.0848. The molecule has 0 radical (unpaired) electrons. The lowest BCUT2D eigenvalue weighted by Crippen LogP contribution is -2.45. The molecule has 4 nitrogen and oxygen atoms in total. The molecule has 0 aromatic rings. The van der Waals surface area contributed by atoms with Gasteiger partial charge in [0.1, 0.15) is 0 Å². The normalized spacial score (nSPS) is 13.3. The first kappa shape index (κ1) is 64.8. The van der Waals surface area contributed by atoms with Gasteiger partial charge in [0.15, 0.2) is 0 Å². The summed E-state index contributed by atoms with van der Waals surface area (Å²) in [5, 5.41) is 23.2. The molecule has 0 aromatic carbocycles. The third-order valence-electron chi connectivity index (χ3n) is 13.4. The maximum Gasteiger partial charge on any atom is 0.220 e. The SMILES string of the molecule is CCCCCCC/C=C\C/C=C\C/C=C\CCCCCCCCCCC(=O)NC(CO)C(O)/C=C/CC/C=C/CC/C=C/CCCCCCCCCCCCCCCCCCCCCCCC. The summed E-state index contributed by atoms with van der Waals surface area (Å²) < 4.78 is 0. The maximum absolute atomic E-state index is 12.5. The molecular formula is C63H115NO3. The Kier molecular flexibility index (Phi) is 56.3. The summed E-state index contributed by atoms with van der Waals surface area (Å²) in [6, 6.07) is -0.655. The lowest BCUT2D eigenvalue weighted by atomic mass is 10.0. The third-order valence-corrected chi connectivity index (χ3v) is 13.4. The van der Waals surface area contributed by atoms with Gasteiger partial charge in [0.2, 0.25) is 5.91 Å². The van der Waals surface area contributed by atoms with Crippen molar-refractivity contribution in [2.24, 2.45) is 0 Å². The smallest absolute Gasteiger partial charge is 0.220 e. The van der Waals surface area contributed by atoms with Crippen LogP contribution in [-0.4, -0.2) is 34.9 Å². The number of hydrogen-bond acceptors (Lipinski definition) is 3. The van der Waals surface area contributed by atoms with E-state index in [1.165, 1.54) is 225 Å². The Morgan fingerprint density at radius 3 is 0.970 bits per heavy atom. The van der Waals surface area contributed by atoms with Crippen LogP contribution in [0.3, 0.4) is 0 Å². The fraction of sp³-hybridized carbons (Fsp3) is 0.794. The van der Waals surface area contributed by atoms with Crippen molar-refractivity contribution in [3.63, 3.8) is 0 Å². The average molecular weight is 935 g/mol. The molecule has 0 fully saturated rings. The van der Waals surface area contributed by atoms with E-state index in [4.69, 9.17) is 0 Å². The Labute approximate surface area is 419 Å². The van der Waals surface area contributed by atoms with Crippen LogP contribution in [0, 0.1) is 0 Å². The quantitative estimate of drug-likeness (QED) is 0.0420. The van der Waals surface area contributed by atoms with Crippen molar-refractivity contribution >= 4 is 5.91 Å². The molecule has 2 atom stereocenters. The summed E-state index contributed by atoms with van der Waals surface area (Å²) >= 11 is 0. The van der Waals surface area contributed by atoms with E-state index in [1.807, 2.05) is 6.08 Å². The molecule has 4 heteroatoms. The molecule has 0 aliphatic heterocycles. The zero-order valence-corrected chi connectivity index (χ0v) is 44.9. The van der Waals surface area contributed by atoms with Gasteiger partial charge in [-0.3, -0.25) is 4.79 Å². The van der Waals surface area contributed by atoms with Crippen molar-refractivity contribution in [1.82, 2.24) is 5.32 Å². The standard InChI is InChI=1S/C63H115NO3/c1-3-5-7-9-11-13-15-17-19-21-23-25-27-28-29-30-31-32-33-34-35-37-38-40-42-44-46-48-50-52-54-56-58-62(66)61(60-65)64-63(67)59-57-55-53-51-49-47-45-43-41-39-36-26-24-22-20-18-16-14-12-10-8-6-4-2/h16,18,22,24,36,39-40,42,48,50,56,58,61-62,65-66H,3-15,17,19-21,23,25-35,37-38,41,43-47,49,51-55,57,59-60H2,1-2H3,(H,64,67)/b18-16-,24-22-,39-36-,42-40+,50-48+,58-56+. The summed E-state index contributed by atoms with van der Waals surface area (Å²) in [6.45, 7) is 4.30. The minimum Gasteiger partial charge on any atom is -0.394 e. The molecule has 0 saturated carbocycles. The van der Waals surface area contributed by atoms with Crippen LogP contribution < -0.4 is 5.32 Å². The van der Waals surface area contributed by atoms with E-state index in [0.29, 0.717) is 6.42 Å². The molecule has 0 bridgehead atoms. The monoisotopic (exact) mass is 934 g/mol. The highest BCUT2D eigenvalue weighted by Gasteiger charge is 2.18. The van der Waals surface area contributed by atoms with Gasteiger partial charge >= 0.3 is 0 Å². The molecule has 390 valence electrons. The van der Waals surface area contributed by atoms with E-state index in [0.717, 1.165) is 57.8 Å². The number of nitrogens with one attached hydrogen (secondary N) is 1. The van der Waals surface area contributed by atoms with Crippen LogP contribution in [0.4, 0.5) is 0 Å². The number of carbonyl (C=O) groups excluding carboxylic acids is 1. The Bertz CT molecular complexity index is 1150. The first-order valence-electron chi connectivity index (χ1n) is 29.7. The Balaban J connectivity index is 3.57. The number of unbranched alkanes of at least 4 members (excludes halogenated alkanes) is 37. The van der Waals surface area contributed by atoms with Crippen molar-refractivity contribution in [1.29, 1.82) is 0 Å². The molecule has 3 N–H and O–H groups in total. The van der Waals surface area contributed by atoms with Crippen LogP contribution >= 0.6 is 0 Å². The predicted octanol–water partition coefficient (Wildman–Crippen LogP) is 19.8. The number of carbonyl (C=O) groups is 1. The minimum atomic E-state index is -0.879. The van der Waals surface area contributed by atoms with E-state index < -0.39 is 12.1 Å². The molecule has 0 aromatic heterocycles. The zero-order valence-electron chi connectivity index (χ0n) is 44.9. The summed E-state index contributed by atoms with van der Waals surface area (Å²) in [5.74, 6) is -0.0848. The zero-order chi connectivity index (χ0) is 48.5. The highest BCUT2D eigenvalue weighted by atomic mass is 16.3. The van der Waals surface area contributed by atoms with Crippen molar-refractivity contribution < 1.29 is 15.0 Å². The lowest BCUT2D eigenvalue weighted by molar-refractivity contribution is -0.123. The fourth-order valence-corrected chi connectivity index (χ4v) is 8.87. The molecule has 1 amide bonds. The van der Waals surface area contributed by atoms with Gasteiger partial charge in [0, 0.05) is 6.42 Å². The van der Waals surface area contributed by atoms with Gasteiger partial charge in [-0.05, 0) is 83.5 Å². The number of allylic oxidation sites excluding steroid dienone is 11. The molecule has 0 spiro atoms. The Morgan fingerprint density at radius 1 is 0.358 bits per heavy atom. The Morgan fingerprint density at radius 2 is 0.627 bits per heavy atom. The van der Waals surface area contributed by atoms with Gasteiger partial charge in [-0.1, -0.05) is 286 Å². The molecule has 0 aliphatic carbocycles. The molecule has 0 rings (SSSR count). The van der Waals surface area contributed by atoms with Crippen LogP contribution in [0.1, 0.15) is 303 Å². The van der Waals surface area contributed by atoms with Crippen molar-refractivity contribution in [2.75, 3.05) is 6.61 Å². The summed E-state index contributed by atoms with van der Waals surface area (Å²) in [6.07, 6.45) is 83.7. The summed E-state index contributed by atoms with van der Waals surface area (Å²) in [4.78, 5) is 12.5. The van der Waals surface area contributed by atoms with Crippen LogP contribution in [0.25, 0.3) is 0 Å². The molecule has 0 heterocycles. The third kappa shape index (κ3) is 54.6. The van der Waals surface area contributed by atoms with E-state index in [9.17, 15) is 15.0 Å². The van der Waals surface area contributed by atoms with Gasteiger partial charge in [0.25, 0.3) is 0 Å². The Hall–Kier alpha value is -2.17. The topological polar surface area (TPSA) is 69.6 Å². The van der Waals surface area contributed by atoms with Crippen molar-refractivity contribution in [3.8, 4) is 0 Å². The summed E-state index contributed by atoms with van der Waals surface area (Å²) in [5.41, 5.74) is 0. The molecule has 0 aliphatic rings. The van der Waals surface area contributed by atoms with Gasteiger partial charge in [-0.15, -0.1) is 0 Å². The van der Waals surface area contributed by atoms with Crippen molar-refractivity contribution in [2.45, 2.75) is 315 Å². The van der Waals surface area contributed by atoms with Crippen molar-refractivity contribution in [3.05, 3.63) is 72.9 Å². The average Bonchev–Trinajstić information content (AvgIpc) is 3.33. The largest absolute Gasteiger partial charge is 0.394 e. The summed E-state index contributed by atoms with van der Waals surface area (Å²) in [7, 11) is 0. The second-order valence-electron chi connectivity index (χ2n) is 20.0.